The predicted octanol–water partition coefficient (Wildman–Crippen LogP) is 3.64. The molecule has 29 heavy (non-hydrogen) atoms. The molecule has 0 radical (unpaired) electrons. The minimum atomic E-state index is -0.195. The summed E-state index contributed by atoms with van der Waals surface area (Å²) in [4.78, 5) is 22.6. The summed E-state index contributed by atoms with van der Waals surface area (Å²) in [5, 5.41) is 9.25. The summed E-state index contributed by atoms with van der Waals surface area (Å²) in [6.07, 6.45) is 3.24. The number of methoxy groups -OCH3 is 1. The maximum Gasteiger partial charge on any atom is 0.255 e. The van der Waals surface area contributed by atoms with Gasteiger partial charge in [-0.25, -0.2) is 14.6 Å². The van der Waals surface area contributed by atoms with Gasteiger partial charge in [0.1, 0.15) is 5.75 Å². The largest absolute Gasteiger partial charge is 0.497 e. The smallest absolute Gasteiger partial charge is 0.255 e. The van der Waals surface area contributed by atoms with E-state index in [0.29, 0.717) is 23.8 Å². The number of nitrogens with zero attached hydrogens (tertiary/aromatic N) is 4. The number of carbonyl (C=O) groups excluding carboxylic acids is 1. The second kappa shape index (κ2) is 8.24. The van der Waals surface area contributed by atoms with Crippen molar-refractivity contribution in [1.29, 1.82) is 0 Å². The summed E-state index contributed by atoms with van der Waals surface area (Å²) < 4.78 is 6.73. The number of rotatable bonds is 6. The van der Waals surface area contributed by atoms with Crippen LogP contribution >= 0.6 is 11.3 Å². The maximum atomic E-state index is 12.6. The fourth-order valence-electron chi connectivity index (χ4n) is 2.87. The Balaban J connectivity index is 1.50. The Labute approximate surface area is 172 Å². The minimum Gasteiger partial charge on any atom is -0.497 e. The van der Waals surface area contributed by atoms with E-state index in [-0.39, 0.29) is 5.91 Å². The Morgan fingerprint density at radius 1 is 1.21 bits per heavy atom. The highest BCUT2D eigenvalue weighted by Crippen LogP contribution is 2.23. The number of hydrogen-bond acceptors (Lipinski definition) is 6. The van der Waals surface area contributed by atoms with Crippen molar-refractivity contribution in [3.05, 3.63) is 77.1 Å². The molecule has 3 aromatic heterocycles. The number of hydrogen-bond donors (Lipinski definition) is 1. The third-order valence-electron chi connectivity index (χ3n) is 4.47. The number of aromatic nitrogens is 4. The lowest BCUT2D eigenvalue weighted by molar-refractivity contribution is 0.0950. The van der Waals surface area contributed by atoms with Crippen molar-refractivity contribution in [2.24, 2.45) is 0 Å². The molecule has 0 bridgehead atoms. The Bertz CT molecular complexity index is 1120. The molecular weight excluding hydrogens is 386 g/mol. The van der Waals surface area contributed by atoms with Crippen LogP contribution < -0.4 is 10.1 Å². The lowest BCUT2D eigenvalue weighted by Crippen LogP contribution is -2.23. The molecule has 146 valence electrons. The molecule has 0 aliphatic rings. The van der Waals surface area contributed by atoms with Gasteiger partial charge in [0.05, 0.1) is 35.1 Å². The van der Waals surface area contributed by atoms with Crippen LogP contribution in [-0.2, 0) is 6.54 Å². The fraction of sp³-hybridized carbons (Fsp3) is 0.143. The van der Waals surface area contributed by atoms with E-state index in [0.717, 1.165) is 21.9 Å². The zero-order chi connectivity index (χ0) is 20.2. The first-order chi connectivity index (χ1) is 14.2. The summed E-state index contributed by atoms with van der Waals surface area (Å²) >= 11 is 1.61. The molecule has 0 aliphatic heterocycles. The number of thiophene rings is 1. The third kappa shape index (κ3) is 4.02. The molecule has 4 rings (SSSR count). The van der Waals surface area contributed by atoms with Crippen LogP contribution in [0, 0.1) is 6.92 Å². The van der Waals surface area contributed by atoms with E-state index in [1.165, 1.54) is 0 Å². The number of ether oxygens (including phenoxy) is 1. The number of nitrogens with one attached hydrogen (secondary N) is 1. The van der Waals surface area contributed by atoms with Crippen LogP contribution in [0.15, 0.2) is 60.2 Å². The van der Waals surface area contributed by atoms with E-state index >= 15 is 0 Å². The second-order valence-corrected chi connectivity index (χ2v) is 7.25. The summed E-state index contributed by atoms with van der Waals surface area (Å²) in [6, 6.07) is 13.4. The first kappa shape index (κ1) is 18.8. The van der Waals surface area contributed by atoms with Gasteiger partial charge in [-0.15, -0.1) is 11.3 Å². The van der Waals surface area contributed by atoms with Crippen LogP contribution in [0.4, 0.5) is 0 Å². The van der Waals surface area contributed by atoms with Crippen LogP contribution in [0.3, 0.4) is 0 Å². The first-order valence-corrected chi connectivity index (χ1v) is 9.86. The lowest BCUT2D eigenvalue weighted by atomic mass is 10.2. The van der Waals surface area contributed by atoms with E-state index in [9.17, 15) is 4.79 Å². The summed E-state index contributed by atoms with van der Waals surface area (Å²) in [6.45, 7) is 2.24. The van der Waals surface area contributed by atoms with Crippen LogP contribution in [0.25, 0.3) is 16.5 Å². The number of amides is 1. The fourth-order valence-corrected chi connectivity index (χ4v) is 3.56. The highest BCUT2D eigenvalue weighted by atomic mass is 32.1. The molecule has 7 nitrogen and oxygen atoms in total. The van der Waals surface area contributed by atoms with Crippen LogP contribution in [0.2, 0.25) is 0 Å². The van der Waals surface area contributed by atoms with Crippen LogP contribution in [-0.4, -0.2) is 32.8 Å². The van der Waals surface area contributed by atoms with Crippen LogP contribution in [0.5, 0.6) is 5.75 Å². The zero-order valence-corrected chi connectivity index (χ0v) is 16.8. The molecule has 0 atom stereocenters. The number of carbonyl (C=O) groups is 1. The van der Waals surface area contributed by atoms with Crippen molar-refractivity contribution in [1.82, 2.24) is 25.1 Å². The average molecular weight is 405 g/mol. The minimum absolute atomic E-state index is 0.195. The molecule has 0 spiro atoms. The van der Waals surface area contributed by atoms with Gasteiger partial charge in [0, 0.05) is 12.7 Å². The van der Waals surface area contributed by atoms with Gasteiger partial charge in [-0.2, -0.15) is 5.10 Å². The van der Waals surface area contributed by atoms with E-state index in [4.69, 9.17) is 4.74 Å². The molecule has 4 aromatic rings. The summed E-state index contributed by atoms with van der Waals surface area (Å²) in [5.74, 6) is 1.02. The molecule has 1 N–H and O–H groups in total. The first-order valence-electron chi connectivity index (χ1n) is 8.99. The topological polar surface area (TPSA) is 81.9 Å². The quantitative estimate of drug-likeness (QED) is 0.530. The zero-order valence-electron chi connectivity index (χ0n) is 16.0. The number of benzene rings is 1. The Morgan fingerprint density at radius 3 is 2.76 bits per heavy atom. The van der Waals surface area contributed by atoms with Gasteiger partial charge in [0.15, 0.2) is 0 Å². The Morgan fingerprint density at radius 2 is 2.03 bits per heavy atom. The van der Waals surface area contributed by atoms with Gasteiger partial charge in [-0.1, -0.05) is 18.2 Å². The van der Waals surface area contributed by atoms with Gasteiger partial charge in [-0.05, 0) is 42.1 Å². The van der Waals surface area contributed by atoms with Gasteiger partial charge in [0.25, 0.3) is 11.9 Å². The highest BCUT2D eigenvalue weighted by molar-refractivity contribution is 7.13. The molecule has 0 fully saturated rings. The summed E-state index contributed by atoms with van der Waals surface area (Å²) in [5.41, 5.74) is 2.98. The standard InChI is InChI=1S/C21H19N5O2S/c1-14-17(20(27)23-12-15-5-7-16(28-2)8-6-15)13-24-26(14)21-22-10-9-18(25-21)19-4-3-11-29-19/h3-11,13H,12H2,1-2H3,(H,23,27). The highest BCUT2D eigenvalue weighted by Gasteiger charge is 2.17. The van der Waals surface area contributed by atoms with Crippen molar-refractivity contribution in [3.8, 4) is 22.3 Å². The molecule has 3 heterocycles. The molecule has 1 amide bonds. The molecular formula is C21H19N5O2S. The molecule has 0 aliphatic carbocycles. The SMILES string of the molecule is COc1ccc(CNC(=O)c2cnn(-c3nccc(-c4cccs4)n3)c2C)cc1. The summed E-state index contributed by atoms with van der Waals surface area (Å²) in [7, 11) is 1.62. The molecule has 0 unspecified atom stereocenters. The maximum absolute atomic E-state index is 12.6. The Kier molecular flexibility index (Phi) is 5.35. The van der Waals surface area contributed by atoms with Gasteiger partial charge < -0.3 is 10.1 Å². The van der Waals surface area contributed by atoms with Crippen molar-refractivity contribution in [2.75, 3.05) is 7.11 Å². The monoisotopic (exact) mass is 405 g/mol. The average Bonchev–Trinajstić information content (AvgIpc) is 3.43. The Hall–Kier alpha value is -3.52. The second-order valence-electron chi connectivity index (χ2n) is 6.31. The van der Waals surface area contributed by atoms with Crippen molar-refractivity contribution in [3.63, 3.8) is 0 Å². The van der Waals surface area contributed by atoms with E-state index in [2.05, 4.69) is 20.4 Å². The van der Waals surface area contributed by atoms with Crippen LogP contribution in [0.1, 0.15) is 21.6 Å². The van der Waals surface area contributed by atoms with Crippen molar-refractivity contribution in [2.45, 2.75) is 13.5 Å². The van der Waals surface area contributed by atoms with E-state index < -0.39 is 0 Å². The molecule has 0 saturated carbocycles. The van der Waals surface area contributed by atoms with Gasteiger partial charge in [-0.3, -0.25) is 4.79 Å². The molecule has 8 heteroatoms. The lowest BCUT2D eigenvalue weighted by Gasteiger charge is -2.07. The predicted molar refractivity (Wildman–Crippen MR) is 111 cm³/mol. The van der Waals surface area contributed by atoms with Crippen molar-refractivity contribution >= 4 is 17.2 Å². The third-order valence-corrected chi connectivity index (χ3v) is 5.36. The van der Waals surface area contributed by atoms with Gasteiger partial charge in [0.2, 0.25) is 0 Å². The van der Waals surface area contributed by atoms with Crippen molar-refractivity contribution < 1.29 is 9.53 Å². The molecule has 1 aromatic carbocycles. The van der Waals surface area contributed by atoms with Gasteiger partial charge >= 0.3 is 0 Å². The molecule has 0 saturated heterocycles. The van der Waals surface area contributed by atoms with E-state index in [1.807, 2.05) is 54.8 Å². The van der Waals surface area contributed by atoms with E-state index in [1.54, 1.807) is 35.5 Å². The normalized spacial score (nSPS) is 10.7.